The van der Waals surface area contributed by atoms with E-state index in [1.165, 1.54) is 0 Å². The van der Waals surface area contributed by atoms with E-state index in [2.05, 4.69) is 34.3 Å². The summed E-state index contributed by atoms with van der Waals surface area (Å²) in [6.45, 7) is 6.86. The van der Waals surface area contributed by atoms with Crippen LogP contribution in [0.15, 0.2) is 59.1 Å². The minimum atomic E-state index is -0.938. The van der Waals surface area contributed by atoms with Crippen molar-refractivity contribution in [3.8, 4) is 22.7 Å². The average molecular weight is 452 g/mol. The normalized spacial score (nSPS) is 10.6. The van der Waals surface area contributed by atoms with Crippen LogP contribution >= 0.6 is 15.9 Å². The number of aromatic carboxylic acids is 1. The standard InChI is InChI=1S/C22H22BrNO3.Na.H/c1-14(2)13-27-21-10-8-17(23)12-19(21)20-9-7-15(3)24(20)18-6-4-5-16(11-18)22(25)26;;/h4-12,14H,13H2,1-3H3,(H,25,26);;. The molecule has 1 N–H and O–H groups in total. The molecular weight excluding hydrogens is 429 g/mol. The fourth-order valence-electron chi connectivity index (χ4n) is 2.95. The molecule has 0 aliphatic carbocycles. The van der Waals surface area contributed by atoms with Gasteiger partial charge in [0.2, 0.25) is 0 Å². The molecule has 3 rings (SSSR count). The first-order chi connectivity index (χ1) is 12.9. The van der Waals surface area contributed by atoms with Gasteiger partial charge in [0.15, 0.2) is 0 Å². The zero-order chi connectivity index (χ0) is 19.6. The van der Waals surface area contributed by atoms with Crippen molar-refractivity contribution in [3.63, 3.8) is 0 Å². The van der Waals surface area contributed by atoms with E-state index in [4.69, 9.17) is 4.74 Å². The van der Waals surface area contributed by atoms with Crippen molar-refractivity contribution in [2.24, 2.45) is 5.92 Å². The Kier molecular flexibility index (Phi) is 7.96. The van der Waals surface area contributed by atoms with Crippen LogP contribution in [-0.2, 0) is 0 Å². The molecule has 0 aliphatic rings. The molecule has 0 unspecified atom stereocenters. The van der Waals surface area contributed by atoms with Crippen molar-refractivity contribution in [2.45, 2.75) is 20.8 Å². The Morgan fingerprint density at radius 1 is 1.14 bits per heavy atom. The SMILES string of the molecule is Cc1ccc(-c2cc(Br)ccc2OCC(C)C)n1-c1cccc(C(=O)O)c1.[NaH]. The Morgan fingerprint density at radius 2 is 1.89 bits per heavy atom. The predicted octanol–water partition coefficient (Wildman–Crippen LogP) is 5.30. The molecule has 1 heterocycles. The van der Waals surface area contributed by atoms with Gasteiger partial charge in [-0.05, 0) is 61.4 Å². The molecule has 0 radical (unpaired) electrons. The van der Waals surface area contributed by atoms with Crippen molar-refractivity contribution in [1.29, 1.82) is 0 Å². The molecular formula is C22H23BrNNaO3. The van der Waals surface area contributed by atoms with Crippen molar-refractivity contribution in [2.75, 3.05) is 6.61 Å². The third-order valence-corrected chi connectivity index (χ3v) is 4.71. The third-order valence-electron chi connectivity index (χ3n) is 4.22. The van der Waals surface area contributed by atoms with Gasteiger partial charge in [0, 0.05) is 21.4 Å². The van der Waals surface area contributed by atoms with Crippen LogP contribution < -0.4 is 4.74 Å². The minimum absolute atomic E-state index is 0. The number of ether oxygens (including phenoxy) is 1. The number of hydrogen-bond donors (Lipinski definition) is 1. The number of rotatable bonds is 6. The topological polar surface area (TPSA) is 51.5 Å². The van der Waals surface area contributed by atoms with Crippen LogP contribution in [0.3, 0.4) is 0 Å². The van der Waals surface area contributed by atoms with Crippen molar-refractivity contribution < 1.29 is 14.6 Å². The summed E-state index contributed by atoms with van der Waals surface area (Å²) in [6.07, 6.45) is 0. The molecule has 0 amide bonds. The summed E-state index contributed by atoms with van der Waals surface area (Å²) in [4.78, 5) is 11.4. The molecule has 0 aliphatic heterocycles. The van der Waals surface area contributed by atoms with Gasteiger partial charge in [0.25, 0.3) is 0 Å². The number of nitrogens with zero attached hydrogens (tertiary/aromatic N) is 1. The molecule has 0 spiro atoms. The zero-order valence-electron chi connectivity index (χ0n) is 15.6. The van der Waals surface area contributed by atoms with E-state index in [0.29, 0.717) is 12.5 Å². The first kappa shape index (κ1) is 22.8. The molecule has 1 aromatic heterocycles. The molecule has 0 atom stereocenters. The van der Waals surface area contributed by atoms with E-state index in [1.807, 2.05) is 43.3 Å². The van der Waals surface area contributed by atoms with Gasteiger partial charge in [-0.2, -0.15) is 0 Å². The number of benzene rings is 2. The summed E-state index contributed by atoms with van der Waals surface area (Å²) in [5, 5.41) is 9.33. The first-order valence-electron chi connectivity index (χ1n) is 8.81. The number of aryl methyl sites for hydroxylation is 1. The quantitative estimate of drug-likeness (QED) is 0.517. The number of carboxylic acids is 1. The van der Waals surface area contributed by atoms with Gasteiger partial charge in [-0.15, -0.1) is 0 Å². The second kappa shape index (κ2) is 9.79. The third kappa shape index (κ3) is 5.09. The second-order valence-electron chi connectivity index (χ2n) is 6.90. The molecule has 0 saturated carbocycles. The number of hydrogen-bond acceptors (Lipinski definition) is 2. The summed E-state index contributed by atoms with van der Waals surface area (Å²) < 4.78 is 9.05. The molecule has 0 bridgehead atoms. The fourth-order valence-corrected chi connectivity index (χ4v) is 3.32. The Labute approximate surface area is 196 Å². The number of halogens is 1. The van der Waals surface area contributed by atoms with E-state index in [1.54, 1.807) is 18.2 Å². The van der Waals surface area contributed by atoms with Gasteiger partial charge in [0.05, 0.1) is 17.9 Å². The van der Waals surface area contributed by atoms with Crippen LogP contribution in [0.5, 0.6) is 5.75 Å². The van der Waals surface area contributed by atoms with Gasteiger partial charge in [-0.1, -0.05) is 35.8 Å². The van der Waals surface area contributed by atoms with Crippen LogP contribution in [0, 0.1) is 12.8 Å². The van der Waals surface area contributed by atoms with Crippen molar-refractivity contribution >= 4 is 51.5 Å². The summed E-state index contributed by atoms with van der Waals surface area (Å²) >= 11 is 3.55. The molecule has 2 aromatic carbocycles. The van der Waals surface area contributed by atoms with Gasteiger partial charge in [-0.3, -0.25) is 0 Å². The summed E-state index contributed by atoms with van der Waals surface area (Å²) in [7, 11) is 0. The summed E-state index contributed by atoms with van der Waals surface area (Å²) in [6, 6.07) is 17.0. The Hall–Kier alpha value is -1.53. The molecule has 28 heavy (non-hydrogen) atoms. The Balaban J connectivity index is 0.00000280. The van der Waals surface area contributed by atoms with E-state index >= 15 is 0 Å². The molecule has 6 heteroatoms. The van der Waals surface area contributed by atoms with Crippen molar-refractivity contribution in [3.05, 3.63) is 70.3 Å². The van der Waals surface area contributed by atoms with Crippen LogP contribution in [0.2, 0.25) is 0 Å². The molecule has 3 aromatic rings. The van der Waals surface area contributed by atoms with Crippen molar-refractivity contribution in [1.82, 2.24) is 4.57 Å². The number of aromatic nitrogens is 1. The zero-order valence-corrected chi connectivity index (χ0v) is 17.2. The van der Waals surface area contributed by atoms with E-state index in [9.17, 15) is 9.90 Å². The fraction of sp³-hybridized carbons (Fsp3) is 0.227. The predicted molar refractivity (Wildman–Crippen MR) is 118 cm³/mol. The summed E-state index contributed by atoms with van der Waals surface area (Å²) in [5.41, 5.74) is 4.00. The average Bonchev–Trinajstić information content (AvgIpc) is 3.02. The van der Waals surface area contributed by atoms with Gasteiger partial charge >= 0.3 is 35.5 Å². The Morgan fingerprint density at radius 3 is 2.57 bits per heavy atom. The Bertz CT molecular complexity index is 982. The van der Waals surface area contributed by atoms with E-state index in [-0.39, 0.29) is 35.1 Å². The summed E-state index contributed by atoms with van der Waals surface area (Å²) in [5.74, 6) is 0.287. The van der Waals surface area contributed by atoms with Crippen LogP contribution in [-0.4, -0.2) is 51.8 Å². The number of carbonyl (C=O) groups is 1. The molecule has 0 saturated heterocycles. The van der Waals surface area contributed by atoms with Gasteiger partial charge < -0.3 is 14.4 Å². The molecule has 4 nitrogen and oxygen atoms in total. The second-order valence-corrected chi connectivity index (χ2v) is 7.81. The maximum absolute atomic E-state index is 11.4. The van der Waals surface area contributed by atoms with Crippen LogP contribution in [0.25, 0.3) is 16.9 Å². The monoisotopic (exact) mass is 451 g/mol. The maximum atomic E-state index is 11.4. The van der Waals surface area contributed by atoms with Crippen LogP contribution in [0.1, 0.15) is 29.9 Å². The molecule has 142 valence electrons. The first-order valence-corrected chi connectivity index (χ1v) is 9.61. The molecule has 0 fully saturated rings. The number of carboxylic acid groups (broad SMARTS) is 1. The van der Waals surface area contributed by atoms with Gasteiger partial charge in [0.1, 0.15) is 5.75 Å². The van der Waals surface area contributed by atoms with Crippen LogP contribution in [0.4, 0.5) is 0 Å². The van der Waals surface area contributed by atoms with Gasteiger partial charge in [-0.25, -0.2) is 4.79 Å². The van der Waals surface area contributed by atoms with E-state index < -0.39 is 5.97 Å². The van der Waals surface area contributed by atoms with E-state index in [0.717, 1.165) is 32.9 Å².